The second-order valence-electron chi connectivity index (χ2n) is 8.49. The summed E-state index contributed by atoms with van der Waals surface area (Å²) < 4.78 is 1.39. The topological polar surface area (TPSA) is 139 Å². The van der Waals surface area contributed by atoms with Crippen LogP contribution >= 0.6 is 0 Å². The van der Waals surface area contributed by atoms with E-state index in [-0.39, 0.29) is 24.8 Å². The standard InChI is InChI=1S/C28H27N7O2/c1-19-23(11-12-25(30)34-19)16-32-26(36)18-35-24(22-9-7-21(15-29)8-10-22)17-33-27(28(35)37)31-14-13-20-5-3-2-4-6-20/h2-12,17H,13-14,16,18H2,1H3,(H2,30,34)(H,31,33)(H,32,36). The number of aryl methyl sites for hydroxylation is 1. The van der Waals surface area contributed by atoms with Crippen LogP contribution in [0.2, 0.25) is 0 Å². The molecule has 0 atom stereocenters. The summed E-state index contributed by atoms with van der Waals surface area (Å²) >= 11 is 0. The van der Waals surface area contributed by atoms with Crippen LogP contribution in [0.1, 0.15) is 22.4 Å². The van der Waals surface area contributed by atoms with Gasteiger partial charge in [-0.3, -0.25) is 14.2 Å². The number of nitrogens with two attached hydrogens (primary N) is 1. The van der Waals surface area contributed by atoms with E-state index in [1.54, 1.807) is 36.5 Å². The van der Waals surface area contributed by atoms with Gasteiger partial charge in [0.2, 0.25) is 5.91 Å². The molecule has 9 nitrogen and oxygen atoms in total. The van der Waals surface area contributed by atoms with Crippen LogP contribution in [-0.4, -0.2) is 27.0 Å². The summed E-state index contributed by atoms with van der Waals surface area (Å²) in [5.41, 5.74) is 9.64. The number of anilines is 2. The second kappa shape index (κ2) is 11.6. The first kappa shape index (κ1) is 25.1. The van der Waals surface area contributed by atoms with E-state index >= 15 is 0 Å². The van der Waals surface area contributed by atoms with Gasteiger partial charge in [-0.2, -0.15) is 5.26 Å². The number of nitrogens with one attached hydrogen (secondary N) is 2. The van der Waals surface area contributed by atoms with Gasteiger partial charge in [-0.05, 0) is 48.2 Å². The van der Waals surface area contributed by atoms with Crippen molar-refractivity contribution in [1.29, 1.82) is 5.26 Å². The molecule has 0 aliphatic carbocycles. The number of rotatable bonds is 9. The molecule has 186 valence electrons. The Hall–Kier alpha value is -4.97. The van der Waals surface area contributed by atoms with E-state index in [1.165, 1.54) is 4.57 Å². The lowest BCUT2D eigenvalue weighted by atomic mass is 10.1. The van der Waals surface area contributed by atoms with Crippen LogP contribution in [0.3, 0.4) is 0 Å². The highest BCUT2D eigenvalue weighted by atomic mass is 16.2. The number of amides is 1. The Kier molecular flexibility index (Phi) is 7.91. The number of hydrogen-bond acceptors (Lipinski definition) is 7. The summed E-state index contributed by atoms with van der Waals surface area (Å²) in [7, 11) is 0. The van der Waals surface area contributed by atoms with Crippen LogP contribution in [0, 0.1) is 18.3 Å². The lowest BCUT2D eigenvalue weighted by molar-refractivity contribution is -0.121. The van der Waals surface area contributed by atoms with Crippen molar-refractivity contribution < 1.29 is 4.79 Å². The summed E-state index contributed by atoms with van der Waals surface area (Å²) in [6, 6.07) is 22.3. The molecule has 0 saturated carbocycles. The fourth-order valence-electron chi connectivity index (χ4n) is 3.87. The molecule has 2 aromatic carbocycles. The minimum Gasteiger partial charge on any atom is -0.384 e. The number of benzene rings is 2. The van der Waals surface area contributed by atoms with Crippen molar-refractivity contribution in [3.8, 4) is 17.3 Å². The van der Waals surface area contributed by atoms with Gasteiger partial charge in [0.15, 0.2) is 5.82 Å². The number of hydrogen-bond donors (Lipinski definition) is 3. The van der Waals surface area contributed by atoms with E-state index in [1.807, 2.05) is 43.3 Å². The third-order valence-electron chi connectivity index (χ3n) is 5.91. The maximum Gasteiger partial charge on any atom is 0.294 e. The molecule has 0 radical (unpaired) electrons. The zero-order chi connectivity index (χ0) is 26.2. The van der Waals surface area contributed by atoms with Gasteiger partial charge in [0.25, 0.3) is 5.56 Å². The van der Waals surface area contributed by atoms with Crippen molar-refractivity contribution in [2.24, 2.45) is 0 Å². The molecular weight excluding hydrogens is 466 g/mol. The lowest BCUT2D eigenvalue weighted by Crippen LogP contribution is -2.34. The first-order valence-electron chi connectivity index (χ1n) is 11.8. The highest BCUT2D eigenvalue weighted by Crippen LogP contribution is 2.19. The van der Waals surface area contributed by atoms with Crippen molar-refractivity contribution in [3.05, 3.63) is 106 Å². The van der Waals surface area contributed by atoms with Crippen molar-refractivity contribution in [2.45, 2.75) is 26.4 Å². The fourth-order valence-corrected chi connectivity index (χ4v) is 3.87. The number of nitriles is 1. The number of nitrogen functional groups attached to an aromatic ring is 1. The molecule has 0 saturated heterocycles. The van der Waals surface area contributed by atoms with Crippen LogP contribution in [0.5, 0.6) is 0 Å². The van der Waals surface area contributed by atoms with Crippen molar-refractivity contribution >= 4 is 17.5 Å². The van der Waals surface area contributed by atoms with Crippen molar-refractivity contribution in [2.75, 3.05) is 17.6 Å². The molecule has 0 aliphatic rings. The maximum atomic E-state index is 13.4. The zero-order valence-corrected chi connectivity index (χ0v) is 20.4. The van der Waals surface area contributed by atoms with Gasteiger partial charge in [0, 0.05) is 18.8 Å². The third kappa shape index (κ3) is 6.38. The molecule has 4 aromatic rings. The molecule has 2 heterocycles. The van der Waals surface area contributed by atoms with Gasteiger partial charge < -0.3 is 16.4 Å². The summed E-state index contributed by atoms with van der Waals surface area (Å²) in [5.74, 6) is 0.240. The molecule has 0 unspecified atom stereocenters. The van der Waals surface area contributed by atoms with Crippen molar-refractivity contribution in [3.63, 3.8) is 0 Å². The first-order valence-corrected chi connectivity index (χ1v) is 11.8. The average molecular weight is 494 g/mol. The molecule has 0 bridgehead atoms. The number of carbonyl (C=O) groups is 1. The second-order valence-corrected chi connectivity index (χ2v) is 8.49. The Morgan fingerprint density at radius 3 is 2.54 bits per heavy atom. The SMILES string of the molecule is Cc1nc(N)ccc1CNC(=O)Cn1c(-c2ccc(C#N)cc2)cnc(NCCc2ccccc2)c1=O. The highest BCUT2D eigenvalue weighted by molar-refractivity contribution is 5.77. The molecule has 0 aliphatic heterocycles. The number of nitrogens with zero attached hydrogens (tertiary/aromatic N) is 4. The Labute approximate surface area is 214 Å². The summed E-state index contributed by atoms with van der Waals surface area (Å²) in [6.45, 7) is 2.39. The van der Waals surface area contributed by atoms with Gasteiger partial charge in [0.05, 0.1) is 23.5 Å². The smallest absolute Gasteiger partial charge is 0.294 e. The molecular formula is C28H27N7O2. The third-order valence-corrected chi connectivity index (χ3v) is 5.91. The fraction of sp³-hybridized carbons (Fsp3) is 0.179. The van der Waals surface area contributed by atoms with Crippen LogP contribution in [0.25, 0.3) is 11.3 Å². The number of pyridine rings is 1. The maximum absolute atomic E-state index is 13.4. The molecule has 4 rings (SSSR count). The molecule has 37 heavy (non-hydrogen) atoms. The molecule has 0 fully saturated rings. The van der Waals surface area contributed by atoms with E-state index in [0.717, 1.165) is 23.2 Å². The number of aromatic nitrogens is 3. The Bertz CT molecular complexity index is 1490. The van der Waals surface area contributed by atoms with Crippen LogP contribution in [0.15, 0.2) is 77.7 Å². The zero-order valence-electron chi connectivity index (χ0n) is 20.4. The van der Waals surface area contributed by atoms with E-state index in [2.05, 4.69) is 26.7 Å². The minimum absolute atomic E-state index is 0.166. The van der Waals surface area contributed by atoms with Crippen molar-refractivity contribution in [1.82, 2.24) is 19.9 Å². The van der Waals surface area contributed by atoms with Gasteiger partial charge in [-0.25, -0.2) is 9.97 Å². The predicted octanol–water partition coefficient (Wildman–Crippen LogP) is 3.04. The minimum atomic E-state index is -0.407. The van der Waals surface area contributed by atoms with E-state index in [4.69, 9.17) is 11.0 Å². The molecule has 1 amide bonds. The van der Waals surface area contributed by atoms with Gasteiger partial charge in [-0.1, -0.05) is 48.5 Å². The predicted molar refractivity (Wildman–Crippen MR) is 143 cm³/mol. The normalized spacial score (nSPS) is 10.5. The molecule has 9 heteroatoms. The van der Waals surface area contributed by atoms with Gasteiger partial charge in [0.1, 0.15) is 12.4 Å². The molecule has 2 aromatic heterocycles. The van der Waals surface area contributed by atoms with Gasteiger partial charge in [-0.15, -0.1) is 0 Å². The van der Waals surface area contributed by atoms with E-state index in [0.29, 0.717) is 29.2 Å². The summed E-state index contributed by atoms with van der Waals surface area (Å²) in [5, 5.41) is 15.1. The molecule has 0 spiro atoms. The summed E-state index contributed by atoms with van der Waals surface area (Å²) in [6.07, 6.45) is 2.28. The Morgan fingerprint density at radius 2 is 1.84 bits per heavy atom. The molecule has 4 N–H and O–H groups in total. The highest BCUT2D eigenvalue weighted by Gasteiger charge is 2.15. The van der Waals surface area contributed by atoms with E-state index < -0.39 is 5.56 Å². The van der Waals surface area contributed by atoms with E-state index in [9.17, 15) is 9.59 Å². The van der Waals surface area contributed by atoms with Gasteiger partial charge >= 0.3 is 0 Å². The average Bonchev–Trinajstić information content (AvgIpc) is 2.91. The monoisotopic (exact) mass is 493 g/mol. The first-order chi connectivity index (χ1) is 17.9. The quantitative estimate of drug-likeness (QED) is 0.326. The Balaban J connectivity index is 1.56. The Morgan fingerprint density at radius 1 is 1.08 bits per heavy atom. The lowest BCUT2D eigenvalue weighted by Gasteiger charge is -2.15. The summed E-state index contributed by atoms with van der Waals surface area (Å²) in [4.78, 5) is 34.9. The van der Waals surface area contributed by atoms with Crippen LogP contribution < -0.4 is 21.9 Å². The van der Waals surface area contributed by atoms with Crippen LogP contribution in [0.4, 0.5) is 11.6 Å². The van der Waals surface area contributed by atoms with Crippen LogP contribution in [-0.2, 0) is 24.3 Å². The largest absolute Gasteiger partial charge is 0.384 e. The number of carbonyl (C=O) groups excluding carboxylic acids is 1.